The molecule has 33 heavy (non-hydrogen) atoms. The average Bonchev–Trinajstić information content (AvgIpc) is 3.48. The lowest BCUT2D eigenvalue weighted by atomic mass is 10.1. The number of thiazole rings is 1. The second kappa shape index (κ2) is 9.25. The van der Waals surface area contributed by atoms with Gasteiger partial charge < -0.3 is 25.4 Å². The van der Waals surface area contributed by atoms with E-state index in [9.17, 15) is 14.4 Å². The number of methoxy groups -OCH3 is 1. The number of likely N-dealkylation sites (N-methyl/N-ethyl adjacent to an activating group) is 1. The Hall–Kier alpha value is -3.35. The maximum atomic E-state index is 13.2. The minimum Gasteiger partial charge on any atom is -0.480 e. The molecule has 0 aromatic carbocycles. The van der Waals surface area contributed by atoms with Gasteiger partial charge >= 0.3 is 5.97 Å². The van der Waals surface area contributed by atoms with E-state index in [1.807, 2.05) is 7.05 Å². The van der Waals surface area contributed by atoms with Crippen LogP contribution >= 0.6 is 11.3 Å². The molecule has 0 radical (unpaired) electrons. The van der Waals surface area contributed by atoms with Crippen LogP contribution < -0.4 is 21.0 Å². The molecule has 1 aliphatic rings. The summed E-state index contributed by atoms with van der Waals surface area (Å²) in [5.41, 5.74) is -0.357. The number of carboxylic acids is 1. The summed E-state index contributed by atoms with van der Waals surface area (Å²) in [7, 11) is 3.55. The maximum absolute atomic E-state index is 13.2. The highest BCUT2D eigenvalue weighted by Crippen LogP contribution is 2.24. The molecule has 3 aromatic heterocycles. The van der Waals surface area contributed by atoms with E-state index in [1.165, 1.54) is 24.5 Å². The predicted molar refractivity (Wildman–Crippen MR) is 123 cm³/mol. The number of hydrogen-bond acceptors (Lipinski definition) is 9. The Morgan fingerprint density at radius 1 is 1.33 bits per heavy atom. The summed E-state index contributed by atoms with van der Waals surface area (Å²) < 4.78 is 7.15. The van der Waals surface area contributed by atoms with Crippen molar-refractivity contribution in [2.45, 2.75) is 25.1 Å². The lowest BCUT2D eigenvalue weighted by molar-refractivity contribution is -0.138. The minimum atomic E-state index is -1.20. The number of ether oxygens (including phenoxy) is 1. The third-order valence-corrected chi connectivity index (χ3v) is 6.46. The molecule has 3 atom stereocenters. The smallest absolute Gasteiger partial charge is 0.325 e. The first kappa shape index (κ1) is 22.8. The van der Waals surface area contributed by atoms with Crippen LogP contribution in [0.25, 0.3) is 16.2 Å². The first-order valence-corrected chi connectivity index (χ1v) is 11.2. The molecule has 1 aliphatic heterocycles. The van der Waals surface area contributed by atoms with Crippen LogP contribution in [-0.4, -0.2) is 77.0 Å². The highest BCUT2D eigenvalue weighted by Gasteiger charge is 2.33. The van der Waals surface area contributed by atoms with Crippen molar-refractivity contribution in [2.75, 3.05) is 32.1 Å². The van der Waals surface area contributed by atoms with Crippen LogP contribution in [-0.2, 0) is 9.53 Å². The molecule has 0 unspecified atom stereocenters. The zero-order chi connectivity index (χ0) is 23.7. The zero-order valence-corrected chi connectivity index (χ0v) is 19.1. The monoisotopic (exact) mass is 472 g/mol. The summed E-state index contributed by atoms with van der Waals surface area (Å²) in [5, 5.41) is 17.2. The van der Waals surface area contributed by atoms with Crippen molar-refractivity contribution in [2.24, 2.45) is 0 Å². The van der Waals surface area contributed by atoms with E-state index in [2.05, 4.69) is 20.5 Å². The normalized spacial score (nSPS) is 19.1. The minimum absolute atomic E-state index is 0.00375. The highest BCUT2D eigenvalue weighted by atomic mass is 32.1. The van der Waals surface area contributed by atoms with Crippen LogP contribution in [0.4, 0.5) is 5.82 Å². The molecule has 1 saturated heterocycles. The summed E-state index contributed by atoms with van der Waals surface area (Å²) in [6, 6.07) is 2.36. The molecule has 11 nitrogen and oxygen atoms in total. The Morgan fingerprint density at radius 2 is 2.12 bits per heavy atom. The predicted octanol–water partition coefficient (Wildman–Crippen LogP) is 0.468. The van der Waals surface area contributed by atoms with Crippen molar-refractivity contribution in [1.82, 2.24) is 25.2 Å². The van der Waals surface area contributed by atoms with Gasteiger partial charge in [0.2, 0.25) is 5.43 Å². The number of nitrogens with one attached hydrogen (secondary N) is 2. The zero-order valence-electron chi connectivity index (χ0n) is 18.3. The van der Waals surface area contributed by atoms with Gasteiger partial charge in [-0.25, -0.2) is 9.97 Å². The van der Waals surface area contributed by atoms with Crippen molar-refractivity contribution < 1.29 is 19.4 Å². The number of fused-ring (bicyclic) bond motifs is 1. The van der Waals surface area contributed by atoms with Crippen LogP contribution in [0.5, 0.6) is 0 Å². The fourth-order valence-electron chi connectivity index (χ4n) is 3.82. The first-order chi connectivity index (χ1) is 15.8. The van der Waals surface area contributed by atoms with Gasteiger partial charge in [0.15, 0.2) is 10.8 Å². The second-order valence-corrected chi connectivity index (χ2v) is 8.58. The molecule has 1 fully saturated rings. The fourth-order valence-corrected chi connectivity index (χ4v) is 4.44. The van der Waals surface area contributed by atoms with Gasteiger partial charge in [-0.2, -0.15) is 0 Å². The van der Waals surface area contributed by atoms with Crippen LogP contribution in [0.2, 0.25) is 0 Å². The van der Waals surface area contributed by atoms with Crippen LogP contribution in [0.15, 0.2) is 34.7 Å². The summed E-state index contributed by atoms with van der Waals surface area (Å²) in [5.74, 6) is -1.30. The molecular weight excluding hydrogens is 448 g/mol. The number of hydrogen-bond donors (Lipinski definition) is 3. The Morgan fingerprint density at radius 3 is 2.73 bits per heavy atom. The van der Waals surface area contributed by atoms with E-state index in [1.54, 1.807) is 35.4 Å². The van der Waals surface area contributed by atoms with Crippen molar-refractivity contribution in [1.29, 1.82) is 0 Å². The van der Waals surface area contributed by atoms with Gasteiger partial charge in [0.05, 0.1) is 17.5 Å². The van der Waals surface area contributed by atoms with Crippen molar-refractivity contribution in [3.05, 3.63) is 45.7 Å². The largest absolute Gasteiger partial charge is 0.480 e. The van der Waals surface area contributed by atoms with E-state index in [4.69, 9.17) is 14.8 Å². The third-order valence-electron chi connectivity index (χ3n) is 5.69. The van der Waals surface area contributed by atoms with E-state index in [-0.39, 0.29) is 23.1 Å². The quantitative estimate of drug-likeness (QED) is 0.448. The fraction of sp³-hybridized carbons (Fsp3) is 0.381. The number of aromatic nitrogens is 3. The summed E-state index contributed by atoms with van der Waals surface area (Å²) >= 11 is 1.32. The molecule has 0 spiro atoms. The molecule has 3 aromatic rings. The summed E-state index contributed by atoms with van der Waals surface area (Å²) in [6.07, 6.45) is 2.97. The molecule has 1 amide bonds. The number of carboxylic acid groups (broad SMARTS) is 1. The van der Waals surface area contributed by atoms with Gasteiger partial charge in [0.1, 0.15) is 17.4 Å². The number of rotatable bonds is 7. The Bertz CT molecular complexity index is 1230. The number of anilines is 1. The lowest BCUT2D eigenvalue weighted by Crippen LogP contribution is -2.40. The molecule has 174 valence electrons. The van der Waals surface area contributed by atoms with Gasteiger partial charge in [0.25, 0.3) is 5.91 Å². The third kappa shape index (κ3) is 4.32. The molecule has 4 rings (SSSR count). The van der Waals surface area contributed by atoms with Crippen LogP contribution in [0.3, 0.4) is 0 Å². The summed E-state index contributed by atoms with van der Waals surface area (Å²) in [6.45, 7) is 2.65. The average molecular weight is 473 g/mol. The van der Waals surface area contributed by atoms with Gasteiger partial charge in [-0.15, -0.1) is 11.3 Å². The molecule has 0 saturated carbocycles. The Labute approximate surface area is 193 Å². The molecular formula is C21H24N6O5S. The van der Waals surface area contributed by atoms with Gasteiger partial charge in [-0.05, 0) is 26.1 Å². The van der Waals surface area contributed by atoms with Gasteiger partial charge in [-0.3, -0.25) is 19.0 Å². The molecule has 0 bridgehead atoms. The first-order valence-electron chi connectivity index (χ1n) is 10.3. The van der Waals surface area contributed by atoms with E-state index >= 15 is 0 Å². The SMILES string of the molecule is CN[C@@H]1CN(c2ccc3c(=O)c(C(=O)N[C@@H](C)C(=O)O)cn(-c4nccs4)c3n2)C[C@H]1OC. The Balaban J connectivity index is 1.82. The van der Waals surface area contributed by atoms with Crippen molar-refractivity contribution >= 4 is 40.1 Å². The lowest BCUT2D eigenvalue weighted by Gasteiger charge is -2.19. The number of carbonyl (C=O) groups excluding carboxylic acids is 1. The number of amides is 1. The summed E-state index contributed by atoms with van der Waals surface area (Å²) in [4.78, 5) is 48.1. The number of pyridine rings is 2. The number of aliphatic carboxylic acids is 1. The topological polar surface area (TPSA) is 139 Å². The number of carbonyl (C=O) groups is 2. The van der Waals surface area contributed by atoms with Crippen LogP contribution in [0.1, 0.15) is 17.3 Å². The maximum Gasteiger partial charge on any atom is 0.325 e. The van der Waals surface area contributed by atoms with Crippen LogP contribution in [0, 0.1) is 0 Å². The van der Waals surface area contributed by atoms with E-state index in [0.29, 0.717) is 29.7 Å². The molecule has 3 N–H and O–H groups in total. The number of nitrogens with zero attached hydrogens (tertiary/aromatic N) is 4. The van der Waals surface area contributed by atoms with E-state index < -0.39 is 23.3 Å². The molecule has 12 heteroatoms. The standard InChI is InChI=1S/C21H24N6O5S/c1-11(20(30)31)24-19(29)13-8-27(21-23-6-7-33-21)18-12(17(13)28)4-5-16(25-18)26-9-14(22-2)15(10-26)32-3/h4-8,11,14-15,22H,9-10H2,1-3H3,(H,24,29)(H,30,31)/t11-,14+,15+/m0/s1. The van der Waals surface area contributed by atoms with Crippen molar-refractivity contribution in [3.8, 4) is 5.13 Å². The highest BCUT2D eigenvalue weighted by molar-refractivity contribution is 7.12. The second-order valence-electron chi connectivity index (χ2n) is 7.70. The van der Waals surface area contributed by atoms with Gasteiger partial charge in [-0.1, -0.05) is 0 Å². The molecule has 0 aliphatic carbocycles. The van der Waals surface area contributed by atoms with E-state index in [0.717, 1.165) is 0 Å². The Kier molecular flexibility index (Phi) is 6.40. The van der Waals surface area contributed by atoms with Gasteiger partial charge in [0, 0.05) is 38.0 Å². The molecule has 4 heterocycles. The van der Waals surface area contributed by atoms with Crippen molar-refractivity contribution in [3.63, 3.8) is 0 Å².